The Morgan fingerprint density at radius 1 is 1.17 bits per heavy atom. The van der Waals surface area contributed by atoms with Gasteiger partial charge < -0.3 is 14.2 Å². The molecule has 1 saturated carbocycles. The number of amides is 1. The number of esters is 1. The highest BCUT2D eigenvalue weighted by atomic mass is 35.5. The van der Waals surface area contributed by atoms with Crippen molar-refractivity contribution in [1.82, 2.24) is 4.31 Å². The molecule has 0 spiro atoms. The number of carbonyl (C=O) groups is 2. The Bertz CT molecular complexity index is 1550. The molecule has 2 aromatic rings. The SMILES string of the molecule is C=C/C(Cl)=C(C[C@H](OC(=O)CN1C(=O)c2ccccc2S1(=O)=O)c1ccc(OC(F)F)c(OCC2CC2)c1)\C(Cl)=C/C. The van der Waals surface area contributed by atoms with E-state index in [0.29, 0.717) is 21.4 Å². The number of sulfonamides is 1. The van der Waals surface area contributed by atoms with Crippen LogP contribution in [0, 0.1) is 5.92 Å². The van der Waals surface area contributed by atoms with Crippen LogP contribution in [0.5, 0.6) is 11.5 Å². The van der Waals surface area contributed by atoms with Gasteiger partial charge in [0.2, 0.25) is 0 Å². The molecule has 0 N–H and O–H groups in total. The summed E-state index contributed by atoms with van der Waals surface area (Å²) in [5.41, 5.74) is 0.581. The number of halogens is 4. The average molecular weight is 643 g/mol. The van der Waals surface area contributed by atoms with E-state index in [0.717, 1.165) is 12.8 Å². The second-order valence-electron chi connectivity index (χ2n) is 9.50. The van der Waals surface area contributed by atoms with Crippen molar-refractivity contribution in [3.8, 4) is 11.5 Å². The molecule has 1 aliphatic heterocycles. The zero-order valence-electron chi connectivity index (χ0n) is 22.4. The molecule has 0 bridgehead atoms. The minimum absolute atomic E-state index is 0.00553. The fourth-order valence-electron chi connectivity index (χ4n) is 4.24. The van der Waals surface area contributed by atoms with Gasteiger partial charge in [-0.15, -0.1) is 0 Å². The van der Waals surface area contributed by atoms with Crippen molar-refractivity contribution >= 4 is 45.1 Å². The van der Waals surface area contributed by atoms with Crippen molar-refractivity contribution in [1.29, 1.82) is 0 Å². The van der Waals surface area contributed by atoms with E-state index in [4.69, 9.17) is 32.7 Å². The third kappa shape index (κ3) is 7.14. The minimum Gasteiger partial charge on any atom is -0.489 e. The first-order valence-corrected chi connectivity index (χ1v) is 15.1. The predicted molar refractivity (Wildman–Crippen MR) is 152 cm³/mol. The molecule has 0 saturated heterocycles. The number of ether oxygens (including phenoxy) is 3. The van der Waals surface area contributed by atoms with Gasteiger partial charge in [-0.2, -0.15) is 8.78 Å². The molecule has 4 rings (SSSR count). The number of hydrogen-bond acceptors (Lipinski definition) is 7. The lowest BCUT2D eigenvalue weighted by atomic mass is 9.99. The highest BCUT2D eigenvalue weighted by Gasteiger charge is 2.42. The van der Waals surface area contributed by atoms with Crippen LogP contribution in [0.2, 0.25) is 0 Å². The van der Waals surface area contributed by atoms with E-state index in [9.17, 15) is 26.8 Å². The third-order valence-electron chi connectivity index (χ3n) is 6.58. The average Bonchev–Trinajstić information content (AvgIpc) is 3.78. The van der Waals surface area contributed by atoms with E-state index in [1.807, 2.05) is 0 Å². The molecular weight excluding hydrogens is 615 g/mol. The van der Waals surface area contributed by atoms with Crippen molar-refractivity contribution < 1.29 is 41.0 Å². The topological polar surface area (TPSA) is 99.2 Å². The lowest BCUT2D eigenvalue weighted by Crippen LogP contribution is -2.36. The molecule has 1 fully saturated rings. The molecule has 13 heteroatoms. The van der Waals surface area contributed by atoms with Gasteiger partial charge in [-0.3, -0.25) is 9.59 Å². The summed E-state index contributed by atoms with van der Waals surface area (Å²) < 4.78 is 68.6. The van der Waals surface area contributed by atoms with Crippen molar-refractivity contribution in [3.63, 3.8) is 0 Å². The van der Waals surface area contributed by atoms with Crippen LogP contribution in [0.25, 0.3) is 0 Å². The first kappa shape index (κ1) is 31.5. The molecule has 224 valence electrons. The number of allylic oxidation sites excluding steroid dienone is 4. The normalized spacial score (nSPS) is 17.4. The number of fused-ring (bicyclic) bond motifs is 1. The zero-order valence-corrected chi connectivity index (χ0v) is 24.7. The van der Waals surface area contributed by atoms with Gasteiger partial charge in [0, 0.05) is 16.5 Å². The smallest absolute Gasteiger partial charge is 0.387 e. The van der Waals surface area contributed by atoms with Gasteiger partial charge in [-0.25, -0.2) is 12.7 Å². The predicted octanol–water partition coefficient (Wildman–Crippen LogP) is 6.72. The number of carbonyl (C=O) groups excluding carboxylic acids is 2. The Labute approximate surface area is 252 Å². The first-order valence-electron chi connectivity index (χ1n) is 12.9. The standard InChI is InChI=1S/C29H27Cl2F2NO7S/c1-3-21(30)20(22(31)4-2)14-24(18-11-12-23(41-29(32)33)25(13-18)39-16-17-9-10-17)40-27(35)15-34-28(36)19-7-5-6-8-26(19)42(34,37)38/h3-8,11-13,17,24,29H,1,9-10,14-16H2,2H3/b21-20+,22-4+/t24-/m0/s1. The second kappa shape index (κ2) is 13.3. The largest absolute Gasteiger partial charge is 0.489 e. The Hall–Kier alpha value is -3.41. The maximum absolute atomic E-state index is 13.2. The number of hydrogen-bond donors (Lipinski definition) is 0. The van der Waals surface area contributed by atoms with Crippen LogP contribution in [0.1, 0.15) is 48.2 Å². The van der Waals surface area contributed by atoms with Crippen molar-refractivity contribution in [2.45, 2.75) is 43.8 Å². The van der Waals surface area contributed by atoms with Gasteiger partial charge in [0.1, 0.15) is 17.5 Å². The van der Waals surface area contributed by atoms with Crippen LogP contribution in [0.3, 0.4) is 0 Å². The zero-order chi connectivity index (χ0) is 30.6. The molecule has 1 atom stereocenters. The van der Waals surface area contributed by atoms with Gasteiger partial charge in [0.05, 0.1) is 12.2 Å². The number of nitrogens with zero attached hydrogens (tertiary/aromatic N) is 1. The third-order valence-corrected chi connectivity index (χ3v) is 9.20. The van der Waals surface area contributed by atoms with E-state index in [1.54, 1.807) is 13.0 Å². The van der Waals surface area contributed by atoms with E-state index < -0.39 is 41.2 Å². The van der Waals surface area contributed by atoms with Gasteiger partial charge in [0.25, 0.3) is 15.9 Å². The van der Waals surface area contributed by atoms with E-state index >= 15 is 0 Å². The van der Waals surface area contributed by atoms with Crippen molar-refractivity contribution in [2.75, 3.05) is 13.2 Å². The fourth-order valence-corrected chi connectivity index (χ4v) is 6.16. The van der Waals surface area contributed by atoms with Gasteiger partial charge in [0.15, 0.2) is 11.5 Å². The fraction of sp³-hybridized carbons (Fsp3) is 0.310. The summed E-state index contributed by atoms with van der Waals surface area (Å²) in [5.74, 6) is -1.83. The maximum atomic E-state index is 13.2. The molecule has 2 aliphatic rings. The molecule has 42 heavy (non-hydrogen) atoms. The van der Waals surface area contributed by atoms with Gasteiger partial charge >= 0.3 is 12.6 Å². The Morgan fingerprint density at radius 2 is 1.88 bits per heavy atom. The first-order chi connectivity index (χ1) is 20.0. The van der Waals surface area contributed by atoms with Crippen LogP contribution < -0.4 is 9.47 Å². The Morgan fingerprint density at radius 3 is 2.50 bits per heavy atom. The van der Waals surface area contributed by atoms with Crippen molar-refractivity contribution in [3.05, 3.63) is 88.0 Å². The molecule has 0 aromatic heterocycles. The van der Waals surface area contributed by atoms with Gasteiger partial charge in [-0.05, 0) is 61.1 Å². The summed E-state index contributed by atoms with van der Waals surface area (Å²) in [6.07, 6.45) is 3.53. The second-order valence-corrected chi connectivity index (χ2v) is 12.1. The van der Waals surface area contributed by atoms with Crippen LogP contribution in [0.15, 0.2) is 81.7 Å². The minimum atomic E-state index is -4.28. The molecule has 8 nitrogen and oxygen atoms in total. The van der Waals surface area contributed by atoms with E-state index in [-0.39, 0.29) is 45.1 Å². The summed E-state index contributed by atoms with van der Waals surface area (Å²) in [5, 5.41) is 0.395. The molecule has 0 radical (unpaired) electrons. The van der Waals surface area contributed by atoms with Crippen LogP contribution in [-0.4, -0.2) is 44.4 Å². The quantitative estimate of drug-likeness (QED) is 0.177. The van der Waals surface area contributed by atoms with Crippen molar-refractivity contribution in [2.24, 2.45) is 5.92 Å². The lowest BCUT2D eigenvalue weighted by Gasteiger charge is -2.23. The van der Waals surface area contributed by atoms with Crippen LogP contribution in [-0.2, 0) is 19.6 Å². The summed E-state index contributed by atoms with van der Waals surface area (Å²) in [4.78, 5) is 25.8. The molecule has 1 heterocycles. The summed E-state index contributed by atoms with van der Waals surface area (Å²) in [6, 6.07) is 9.65. The molecule has 1 aliphatic carbocycles. The lowest BCUT2D eigenvalue weighted by molar-refractivity contribution is -0.149. The number of rotatable bonds is 13. The Kier molecular flexibility index (Phi) is 9.96. The summed E-state index contributed by atoms with van der Waals surface area (Å²) >= 11 is 12.8. The highest BCUT2D eigenvalue weighted by Crippen LogP contribution is 2.39. The molecule has 0 unspecified atom stereocenters. The monoisotopic (exact) mass is 641 g/mol. The van der Waals surface area contributed by atoms with Crippen LogP contribution in [0.4, 0.5) is 8.78 Å². The van der Waals surface area contributed by atoms with E-state index in [1.165, 1.54) is 48.5 Å². The summed E-state index contributed by atoms with van der Waals surface area (Å²) in [6.45, 7) is 1.58. The number of alkyl halides is 2. The summed E-state index contributed by atoms with van der Waals surface area (Å²) in [7, 11) is -4.28. The highest BCUT2D eigenvalue weighted by molar-refractivity contribution is 7.90. The Balaban J connectivity index is 1.67. The maximum Gasteiger partial charge on any atom is 0.387 e. The van der Waals surface area contributed by atoms with Gasteiger partial charge in [-0.1, -0.05) is 60.1 Å². The molecular formula is C29H27Cl2F2NO7S. The molecule has 2 aromatic carbocycles. The number of benzene rings is 2. The van der Waals surface area contributed by atoms with Crippen LogP contribution >= 0.6 is 23.2 Å². The molecule has 1 amide bonds. The van der Waals surface area contributed by atoms with E-state index in [2.05, 4.69) is 11.3 Å².